The molecule has 4 rings (SSSR count). The van der Waals surface area contributed by atoms with E-state index < -0.39 is 10.0 Å². The zero-order valence-electron chi connectivity index (χ0n) is 16.0. The van der Waals surface area contributed by atoms with E-state index in [1.54, 1.807) is 51.3 Å². The second kappa shape index (κ2) is 8.68. The molecule has 0 aromatic heterocycles. The van der Waals surface area contributed by atoms with Crippen LogP contribution in [-0.4, -0.2) is 44.0 Å². The van der Waals surface area contributed by atoms with Crippen molar-refractivity contribution in [1.82, 2.24) is 4.31 Å². The van der Waals surface area contributed by atoms with Crippen LogP contribution in [0.1, 0.15) is 36.0 Å². The molecule has 0 spiro atoms. The molecule has 154 valence electrons. The van der Waals surface area contributed by atoms with Crippen molar-refractivity contribution in [2.75, 3.05) is 30.3 Å². The number of fused-ring (bicyclic) bond motifs is 1. The molecule has 2 aromatic carbocycles. The lowest BCUT2D eigenvalue weighted by Crippen LogP contribution is -2.35. The summed E-state index contributed by atoms with van der Waals surface area (Å²) in [6, 6.07) is 11.9. The lowest BCUT2D eigenvalue weighted by Gasteiger charge is -2.29. The fraction of sp³-hybridized carbons (Fsp3) is 0.381. The van der Waals surface area contributed by atoms with Gasteiger partial charge in [0.2, 0.25) is 10.0 Å². The molecule has 1 saturated heterocycles. The van der Waals surface area contributed by atoms with Crippen molar-refractivity contribution >= 4 is 45.0 Å². The highest BCUT2D eigenvalue weighted by atomic mass is 35.5. The molecule has 0 bridgehead atoms. The van der Waals surface area contributed by atoms with E-state index in [0.29, 0.717) is 30.2 Å². The lowest BCUT2D eigenvalue weighted by atomic mass is 10.1. The third-order valence-corrected chi connectivity index (χ3v) is 8.52. The molecule has 0 atom stereocenters. The van der Waals surface area contributed by atoms with Crippen LogP contribution in [0.2, 0.25) is 5.02 Å². The average molecular weight is 451 g/mol. The molecule has 1 fully saturated rings. The highest BCUT2D eigenvalue weighted by Gasteiger charge is 2.27. The van der Waals surface area contributed by atoms with E-state index in [0.717, 1.165) is 42.0 Å². The van der Waals surface area contributed by atoms with E-state index in [1.165, 1.54) is 0 Å². The van der Waals surface area contributed by atoms with Gasteiger partial charge in [-0.25, -0.2) is 8.42 Å². The zero-order valence-corrected chi connectivity index (χ0v) is 18.4. The molecular weight excluding hydrogens is 428 g/mol. The van der Waals surface area contributed by atoms with Gasteiger partial charge in [0, 0.05) is 40.9 Å². The molecule has 1 amide bonds. The van der Waals surface area contributed by atoms with Crippen molar-refractivity contribution in [1.29, 1.82) is 0 Å². The molecule has 0 unspecified atom stereocenters. The van der Waals surface area contributed by atoms with Crippen molar-refractivity contribution < 1.29 is 13.2 Å². The molecule has 0 aliphatic carbocycles. The number of thioether (sulfide) groups is 1. The predicted octanol–water partition coefficient (Wildman–Crippen LogP) is 4.66. The van der Waals surface area contributed by atoms with Crippen molar-refractivity contribution in [3.8, 4) is 0 Å². The Kier molecular flexibility index (Phi) is 6.20. The van der Waals surface area contributed by atoms with E-state index in [-0.39, 0.29) is 10.8 Å². The van der Waals surface area contributed by atoms with Crippen LogP contribution in [0.3, 0.4) is 0 Å². The number of sulfonamides is 1. The van der Waals surface area contributed by atoms with Crippen molar-refractivity contribution in [3.63, 3.8) is 0 Å². The van der Waals surface area contributed by atoms with Gasteiger partial charge >= 0.3 is 0 Å². The van der Waals surface area contributed by atoms with Crippen molar-refractivity contribution in [2.24, 2.45) is 0 Å². The lowest BCUT2D eigenvalue weighted by molar-refractivity contribution is 0.0987. The Balaban J connectivity index is 1.57. The molecule has 8 heteroatoms. The maximum Gasteiger partial charge on any atom is 0.258 e. The van der Waals surface area contributed by atoms with Gasteiger partial charge in [0.25, 0.3) is 5.91 Å². The average Bonchev–Trinajstić information content (AvgIpc) is 3.03. The molecule has 29 heavy (non-hydrogen) atoms. The molecular formula is C21H23ClN2O3S2. The molecule has 2 heterocycles. The van der Waals surface area contributed by atoms with Gasteiger partial charge < -0.3 is 4.90 Å². The summed E-state index contributed by atoms with van der Waals surface area (Å²) < 4.78 is 27.4. The Morgan fingerprint density at radius 3 is 2.31 bits per heavy atom. The minimum Gasteiger partial charge on any atom is -0.306 e. The molecule has 0 N–H and O–H groups in total. The van der Waals surface area contributed by atoms with Gasteiger partial charge in [0.05, 0.1) is 10.6 Å². The minimum atomic E-state index is -3.52. The van der Waals surface area contributed by atoms with Crippen molar-refractivity contribution in [3.05, 3.63) is 53.1 Å². The van der Waals surface area contributed by atoms with E-state index in [2.05, 4.69) is 0 Å². The Morgan fingerprint density at radius 1 is 0.931 bits per heavy atom. The van der Waals surface area contributed by atoms with Gasteiger partial charge in [-0.1, -0.05) is 24.4 Å². The number of anilines is 1. The predicted molar refractivity (Wildman–Crippen MR) is 118 cm³/mol. The highest BCUT2D eigenvalue weighted by Crippen LogP contribution is 2.37. The minimum absolute atomic E-state index is 0.146. The number of amides is 1. The first-order valence-electron chi connectivity index (χ1n) is 9.81. The Labute approximate surface area is 181 Å². The fourth-order valence-corrected chi connectivity index (χ4v) is 6.42. The second-order valence-electron chi connectivity index (χ2n) is 7.26. The van der Waals surface area contributed by atoms with Crippen molar-refractivity contribution in [2.45, 2.75) is 35.5 Å². The molecule has 2 aliphatic heterocycles. The highest BCUT2D eigenvalue weighted by molar-refractivity contribution is 7.99. The summed E-state index contributed by atoms with van der Waals surface area (Å²) in [6.07, 6.45) is 3.92. The van der Waals surface area contributed by atoms with E-state index in [1.807, 2.05) is 12.1 Å². The van der Waals surface area contributed by atoms with Crippen LogP contribution in [0, 0.1) is 0 Å². The SMILES string of the molecule is O=C(c1ccc(S(=O)(=O)N2CCCCCC2)cc1)N1CCSc2ccc(Cl)cc21. The second-order valence-corrected chi connectivity index (χ2v) is 10.8. The number of carbonyl (C=O) groups is 1. The molecule has 2 aliphatic rings. The molecule has 0 radical (unpaired) electrons. The van der Waals surface area contributed by atoms with Crippen LogP contribution in [0.15, 0.2) is 52.3 Å². The number of benzene rings is 2. The number of hydrogen-bond donors (Lipinski definition) is 0. The first kappa shape index (κ1) is 20.7. The summed E-state index contributed by atoms with van der Waals surface area (Å²) in [6.45, 7) is 1.71. The Morgan fingerprint density at radius 2 is 1.62 bits per heavy atom. The van der Waals surface area contributed by atoms with Crippen LogP contribution in [0.25, 0.3) is 0 Å². The summed E-state index contributed by atoms with van der Waals surface area (Å²) in [5.41, 5.74) is 1.28. The first-order valence-corrected chi connectivity index (χ1v) is 12.6. The van der Waals surface area contributed by atoms with Crippen LogP contribution in [0.5, 0.6) is 0 Å². The fourth-order valence-electron chi connectivity index (χ4n) is 3.76. The number of nitrogens with zero attached hydrogens (tertiary/aromatic N) is 2. The van der Waals surface area contributed by atoms with E-state index >= 15 is 0 Å². The zero-order chi connectivity index (χ0) is 20.4. The summed E-state index contributed by atoms with van der Waals surface area (Å²) >= 11 is 7.83. The quantitative estimate of drug-likeness (QED) is 0.682. The summed E-state index contributed by atoms with van der Waals surface area (Å²) in [5, 5.41) is 0.586. The number of carbonyl (C=O) groups excluding carboxylic acids is 1. The topological polar surface area (TPSA) is 57.7 Å². The molecule has 2 aromatic rings. The Bertz CT molecular complexity index is 1000. The number of halogens is 1. The number of rotatable bonds is 3. The third kappa shape index (κ3) is 4.33. The van der Waals surface area contributed by atoms with Gasteiger partial charge in [-0.05, 0) is 55.3 Å². The Hall–Kier alpha value is -1.54. The van der Waals surface area contributed by atoms with Gasteiger partial charge in [-0.15, -0.1) is 11.8 Å². The third-order valence-electron chi connectivity index (χ3n) is 5.33. The maximum atomic E-state index is 13.1. The van der Waals surface area contributed by atoms with Crippen LogP contribution in [-0.2, 0) is 10.0 Å². The molecule has 0 saturated carbocycles. The van der Waals surface area contributed by atoms with Gasteiger partial charge in [0.1, 0.15) is 0 Å². The van der Waals surface area contributed by atoms with E-state index in [4.69, 9.17) is 11.6 Å². The van der Waals surface area contributed by atoms with Gasteiger partial charge in [-0.2, -0.15) is 4.31 Å². The monoisotopic (exact) mass is 450 g/mol. The number of hydrogen-bond acceptors (Lipinski definition) is 4. The van der Waals surface area contributed by atoms with Crippen LogP contribution in [0.4, 0.5) is 5.69 Å². The van der Waals surface area contributed by atoms with Gasteiger partial charge in [-0.3, -0.25) is 4.79 Å². The smallest absolute Gasteiger partial charge is 0.258 e. The summed E-state index contributed by atoms with van der Waals surface area (Å²) in [4.78, 5) is 16.1. The summed E-state index contributed by atoms with van der Waals surface area (Å²) in [5.74, 6) is 0.662. The largest absolute Gasteiger partial charge is 0.306 e. The molecule has 5 nitrogen and oxygen atoms in total. The maximum absolute atomic E-state index is 13.1. The normalized spacial score (nSPS) is 18.2. The summed E-state index contributed by atoms with van der Waals surface area (Å²) in [7, 11) is -3.52. The van der Waals surface area contributed by atoms with Crippen LogP contribution < -0.4 is 4.90 Å². The first-order chi connectivity index (χ1) is 14.0. The van der Waals surface area contributed by atoms with E-state index in [9.17, 15) is 13.2 Å². The standard InChI is InChI=1S/C21H23ClN2O3S2/c22-17-7-10-20-19(15-17)24(13-14-28-20)21(25)16-5-8-18(9-6-16)29(26,27)23-11-3-1-2-4-12-23/h5-10,15H,1-4,11-14H2. The van der Waals surface area contributed by atoms with Crippen LogP contribution >= 0.6 is 23.4 Å². The van der Waals surface area contributed by atoms with Gasteiger partial charge in [0.15, 0.2) is 0 Å².